The van der Waals surface area contributed by atoms with E-state index in [1.54, 1.807) is 7.11 Å². The second kappa shape index (κ2) is 6.73. The largest absolute Gasteiger partial charge is 0.497 e. The van der Waals surface area contributed by atoms with Crippen molar-refractivity contribution in [3.8, 4) is 5.75 Å². The molecule has 120 valence electrons. The van der Waals surface area contributed by atoms with Gasteiger partial charge in [0.25, 0.3) is 0 Å². The molecule has 0 radical (unpaired) electrons. The van der Waals surface area contributed by atoms with Gasteiger partial charge in [-0.2, -0.15) is 0 Å². The van der Waals surface area contributed by atoms with E-state index in [4.69, 9.17) is 15.2 Å². The Morgan fingerprint density at radius 2 is 2.13 bits per heavy atom. The fourth-order valence-electron chi connectivity index (χ4n) is 3.05. The van der Waals surface area contributed by atoms with E-state index in [1.165, 1.54) is 5.56 Å². The molecule has 0 heterocycles. The summed E-state index contributed by atoms with van der Waals surface area (Å²) in [5.74, 6) is 0.518. The van der Waals surface area contributed by atoms with Gasteiger partial charge < -0.3 is 15.2 Å². The number of benzene rings is 2. The van der Waals surface area contributed by atoms with Gasteiger partial charge in [0.15, 0.2) is 0 Å². The van der Waals surface area contributed by atoms with Crippen molar-refractivity contribution in [1.82, 2.24) is 0 Å². The van der Waals surface area contributed by atoms with Crippen molar-refractivity contribution >= 4 is 11.7 Å². The number of carbonyl (C=O) groups is 1. The summed E-state index contributed by atoms with van der Waals surface area (Å²) < 4.78 is 10.9. The van der Waals surface area contributed by atoms with Crippen molar-refractivity contribution < 1.29 is 14.3 Å². The van der Waals surface area contributed by atoms with Crippen LogP contribution in [0.2, 0.25) is 0 Å². The normalized spacial score (nSPS) is 16.5. The third-order valence-electron chi connectivity index (χ3n) is 4.19. The van der Waals surface area contributed by atoms with Crippen LogP contribution in [0.4, 0.5) is 5.69 Å². The Balaban J connectivity index is 1.70. The zero-order valence-electron chi connectivity index (χ0n) is 13.2. The summed E-state index contributed by atoms with van der Waals surface area (Å²) in [5, 5.41) is 0. The van der Waals surface area contributed by atoms with E-state index in [0.29, 0.717) is 5.69 Å². The van der Waals surface area contributed by atoms with E-state index in [0.717, 1.165) is 36.1 Å². The summed E-state index contributed by atoms with van der Waals surface area (Å²) in [5.41, 5.74) is 9.75. The molecule has 23 heavy (non-hydrogen) atoms. The molecule has 3 rings (SSSR count). The van der Waals surface area contributed by atoms with Crippen LogP contribution in [0.15, 0.2) is 42.5 Å². The molecule has 0 aliphatic heterocycles. The lowest BCUT2D eigenvalue weighted by molar-refractivity contribution is -0.149. The Labute approximate surface area is 136 Å². The number of rotatable bonds is 4. The maximum absolute atomic E-state index is 12.3. The average molecular weight is 311 g/mol. The predicted octanol–water partition coefficient (Wildman–Crippen LogP) is 3.44. The second-order valence-corrected chi connectivity index (χ2v) is 5.86. The van der Waals surface area contributed by atoms with Gasteiger partial charge >= 0.3 is 5.97 Å². The summed E-state index contributed by atoms with van der Waals surface area (Å²) in [6.07, 6.45) is 2.93. The predicted molar refractivity (Wildman–Crippen MR) is 89.3 cm³/mol. The number of ether oxygens (including phenoxy) is 2. The van der Waals surface area contributed by atoms with Gasteiger partial charge in [-0.15, -0.1) is 0 Å². The van der Waals surface area contributed by atoms with Crippen molar-refractivity contribution in [3.05, 3.63) is 59.2 Å². The maximum Gasteiger partial charge on any atom is 0.310 e. The first-order valence-corrected chi connectivity index (χ1v) is 7.86. The van der Waals surface area contributed by atoms with Crippen LogP contribution < -0.4 is 10.5 Å². The highest BCUT2D eigenvalue weighted by molar-refractivity contribution is 5.73. The fraction of sp³-hybridized carbons (Fsp3) is 0.316. The summed E-state index contributed by atoms with van der Waals surface area (Å²) in [7, 11) is 1.61. The minimum atomic E-state index is -0.224. The van der Waals surface area contributed by atoms with Crippen LogP contribution >= 0.6 is 0 Å². The van der Waals surface area contributed by atoms with Gasteiger partial charge in [0.05, 0.1) is 13.5 Å². The molecule has 0 aromatic heterocycles. The van der Waals surface area contributed by atoms with Crippen LogP contribution in [-0.4, -0.2) is 13.1 Å². The minimum absolute atomic E-state index is 0.194. The van der Waals surface area contributed by atoms with Gasteiger partial charge in [-0.1, -0.05) is 18.2 Å². The standard InChI is InChI=1S/C19H21NO3/c1-22-16-6-2-4-13(10-16)11-19(21)23-18-7-3-5-14-8-9-15(20)12-17(14)18/h2,4,6,8-10,12,18H,3,5,7,11,20H2,1H3. The van der Waals surface area contributed by atoms with Crippen LogP contribution in [0.3, 0.4) is 0 Å². The molecule has 1 aliphatic carbocycles. The Kier molecular flexibility index (Phi) is 4.51. The number of nitrogens with two attached hydrogens (primary N) is 1. The highest BCUT2D eigenvalue weighted by Crippen LogP contribution is 2.34. The molecule has 0 amide bonds. The van der Waals surface area contributed by atoms with Gasteiger partial charge in [-0.25, -0.2) is 0 Å². The highest BCUT2D eigenvalue weighted by atomic mass is 16.5. The molecular formula is C19H21NO3. The molecule has 0 saturated carbocycles. The van der Waals surface area contributed by atoms with E-state index >= 15 is 0 Å². The monoisotopic (exact) mass is 311 g/mol. The van der Waals surface area contributed by atoms with Crippen LogP contribution in [0.25, 0.3) is 0 Å². The van der Waals surface area contributed by atoms with E-state index in [-0.39, 0.29) is 18.5 Å². The second-order valence-electron chi connectivity index (χ2n) is 5.86. The zero-order valence-corrected chi connectivity index (χ0v) is 13.2. The molecule has 2 aromatic rings. The first-order valence-electron chi connectivity index (χ1n) is 7.86. The smallest absolute Gasteiger partial charge is 0.310 e. The van der Waals surface area contributed by atoms with Gasteiger partial charge in [0.2, 0.25) is 0 Å². The quantitative estimate of drug-likeness (QED) is 0.694. The molecule has 2 N–H and O–H groups in total. The van der Waals surface area contributed by atoms with E-state index < -0.39 is 0 Å². The Morgan fingerprint density at radius 1 is 1.26 bits per heavy atom. The molecule has 0 fully saturated rings. The van der Waals surface area contributed by atoms with Gasteiger partial charge in [-0.05, 0) is 60.2 Å². The van der Waals surface area contributed by atoms with Gasteiger partial charge in [0, 0.05) is 5.69 Å². The van der Waals surface area contributed by atoms with Gasteiger partial charge in [-0.3, -0.25) is 4.79 Å². The summed E-state index contributed by atoms with van der Waals surface area (Å²) in [4.78, 5) is 12.3. The molecule has 1 aliphatic rings. The SMILES string of the molecule is COc1cccc(CC(=O)OC2CCCc3ccc(N)cc32)c1. The molecule has 2 aromatic carbocycles. The number of aryl methyl sites for hydroxylation is 1. The summed E-state index contributed by atoms with van der Waals surface area (Å²) in [6.45, 7) is 0. The van der Waals surface area contributed by atoms with Crippen LogP contribution in [-0.2, 0) is 22.4 Å². The van der Waals surface area contributed by atoms with Crippen LogP contribution in [0.1, 0.15) is 35.6 Å². The number of fused-ring (bicyclic) bond motifs is 1. The lowest BCUT2D eigenvalue weighted by atomic mass is 9.89. The Hall–Kier alpha value is -2.49. The van der Waals surface area contributed by atoms with Crippen molar-refractivity contribution in [3.63, 3.8) is 0 Å². The molecule has 4 nitrogen and oxygen atoms in total. The van der Waals surface area contributed by atoms with Crippen molar-refractivity contribution in [1.29, 1.82) is 0 Å². The lowest BCUT2D eigenvalue weighted by Crippen LogP contribution is -2.18. The van der Waals surface area contributed by atoms with Crippen molar-refractivity contribution in [2.24, 2.45) is 0 Å². The molecular weight excluding hydrogens is 290 g/mol. The zero-order chi connectivity index (χ0) is 16.2. The van der Waals surface area contributed by atoms with Gasteiger partial charge in [0.1, 0.15) is 11.9 Å². The lowest BCUT2D eigenvalue weighted by Gasteiger charge is -2.25. The minimum Gasteiger partial charge on any atom is -0.497 e. The molecule has 1 atom stereocenters. The number of methoxy groups -OCH3 is 1. The molecule has 1 unspecified atom stereocenters. The van der Waals surface area contributed by atoms with Crippen LogP contribution in [0.5, 0.6) is 5.75 Å². The molecule has 0 saturated heterocycles. The highest BCUT2D eigenvalue weighted by Gasteiger charge is 2.23. The van der Waals surface area contributed by atoms with Crippen molar-refractivity contribution in [2.75, 3.05) is 12.8 Å². The number of hydrogen-bond donors (Lipinski definition) is 1. The molecule has 4 heteroatoms. The number of anilines is 1. The number of nitrogen functional groups attached to an aromatic ring is 1. The summed E-state index contributed by atoms with van der Waals surface area (Å²) in [6, 6.07) is 13.3. The third kappa shape index (κ3) is 3.65. The number of esters is 1. The number of hydrogen-bond acceptors (Lipinski definition) is 4. The van der Waals surface area contributed by atoms with E-state index in [9.17, 15) is 4.79 Å². The maximum atomic E-state index is 12.3. The van der Waals surface area contributed by atoms with Crippen LogP contribution in [0, 0.1) is 0 Å². The molecule has 0 spiro atoms. The van der Waals surface area contributed by atoms with Crippen molar-refractivity contribution in [2.45, 2.75) is 31.8 Å². The number of carbonyl (C=O) groups excluding carboxylic acids is 1. The first kappa shape index (κ1) is 15.4. The Bertz CT molecular complexity index is 712. The topological polar surface area (TPSA) is 61.5 Å². The summed E-state index contributed by atoms with van der Waals surface area (Å²) >= 11 is 0. The van der Waals surface area contributed by atoms with E-state index in [1.807, 2.05) is 42.5 Å². The average Bonchev–Trinajstić information content (AvgIpc) is 2.55. The first-order chi connectivity index (χ1) is 11.2. The Morgan fingerprint density at radius 3 is 2.96 bits per heavy atom. The molecule has 0 bridgehead atoms. The third-order valence-corrected chi connectivity index (χ3v) is 4.19. The fourth-order valence-corrected chi connectivity index (χ4v) is 3.05. The van der Waals surface area contributed by atoms with E-state index in [2.05, 4.69) is 0 Å².